The lowest BCUT2D eigenvalue weighted by Gasteiger charge is -1.98. The van der Waals surface area contributed by atoms with Crippen molar-refractivity contribution in [3.05, 3.63) is 60.2 Å². The second-order valence-electron chi connectivity index (χ2n) is 4.02. The third kappa shape index (κ3) is 3.82. The van der Waals surface area contributed by atoms with Crippen LogP contribution in [-0.2, 0) is 0 Å². The zero-order chi connectivity index (χ0) is 15.8. The lowest BCUT2D eigenvalue weighted by molar-refractivity contribution is 0.421. The summed E-state index contributed by atoms with van der Waals surface area (Å²) < 4.78 is 0. The first-order chi connectivity index (χ1) is 10.1. The van der Waals surface area contributed by atoms with Crippen LogP contribution in [0.3, 0.4) is 0 Å². The number of hydrogen-bond acceptors (Lipinski definition) is 4. The third-order valence-corrected chi connectivity index (χ3v) is 2.63. The van der Waals surface area contributed by atoms with Crippen molar-refractivity contribution in [2.24, 2.45) is 10.2 Å². The Morgan fingerprint density at radius 2 is 2.00 bits per heavy atom. The van der Waals surface area contributed by atoms with Crippen molar-refractivity contribution in [2.75, 3.05) is 0 Å². The number of H-pyrrole nitrogens is 1. The van der Waals surface area contributed by atoms with E-state index in [2.05, 4.69) is 28.4 Å². The molecule has 1 aromatic heterocycles. The van der Waals surface area contributed by atoms with Gasteiger partial charge in [0.2, 0.25) is 5.88 Å². The highest BCUT2D eigenvalue weighted by molar-refractivity contribution is 5.76. The van der Waals surface area contributed by atoms with Crippen LogP contribution in [-0.4, -0.2) is 15.2 Å². The predicted molar refractivity (Wildman–Crippen MR) is 86.4 cm³/mol. The topological polar surface area (TPSA) is 81.0 Å². The molecule has 0 unspecified atom stereocenters. The molecule has 0 amide bonds. The summed E-state index contributed by atoms with van der Waals surface area (Å²) in [6, 6.07) is 0. The Morgan fingerprint density at radius 1 is 1.29 bits per heavy atom. The first-order valence-electron chi connectivity index (χ1n) is 6.39. The molecule has 0 spiro atoms. The van der Waals surface area contributed by atoms with Crippen LogP contribution in [0.5, 0.6) is 5.88 Å². The molecule has 0 atom stereocenters. The molecule has 0 aliphatic carbocycles. The van der Waals surface area contributed by atoms with E-state index in [1.807, 2.05) is 13.0 Å². The predicted octanol–water partition coefficient (Wildman–Crippen LogP) is 5.01. The van der Waals surface area contributed by atoms with Gasteiger partial charge in [0.1, 0.15) is 11.5 Å². The maximum atomic E-state index is 9.89. The molecule has 0 aliphatic rings. The average Bonchev–Trinajstić information content (AvgIpc) is 2.75. The highest BCUT2D eigenvalue weighted by atomic mass is 16.3. The molecule has 21 heavy (non-hydrogen) atoms. The summed E-state index contributed by atoms with van der Waals surface area (Å²) in [5.74, 6) is -0.163. The molecule has 0 saturated heterocycles. The normalized spacial score (nSPS) is 13.2. The first-order valence-corrected chi connectivity index (χ1v) is 6.39. The van der Waals surface area contributed by atoms with Crippen LogP contribution in [0, 0.1) is 0 Å². The number of aromatic nitrogens is 1. The fourth-order valence-corrected chi connectivity index (χ4v) is 1.67. The Balaban J connectivity index is 3.24. The second-order valence-corrected chi connectivity index (χ2v) is 4.02. The summed E-state index contributed by atoms with van der Waals surface area (Å²) in [5, 5.41) is 27.6. The highest BCUT2D eigenvalue weighted by Crippen LogP contribution is 2.35. The van der Waals surface area contributed by atoms with Gasteiger partial charge in [-0.3, -0.25) is 0 Å². The molecule has 0 radical (unpaired) electrons. The Bertz CT molecular complexity index is 647. The van der Waals surface area contributed by atoms with Gasteiger partial charge in [-0.2, -0.15) is 0 Å². The van der Waals surface area contributed by atoms with Crippen LogP contribution in [0.4, 0.5) is 5.69 Å². The number of aliphatic hydroxyl groups excluding tert-OH is 1. The van der Waals surface area contributed by atoms with Crippen LogP contribution < -0.4 is 0 Å². The molecular weight excluding hydrogens is 266 g/mol. The molecule has 110 valence electrons. The van der Waals surface area contributed by atoms with Gasteiger partial charge >= 0.3 is 0 Å². The number of azo groups is 1. The number of allylic oxidation sites excluding steroid dienone is 4. The van der Waals surface area contributed by atoms with Crippen molar-refractivity contribution in [3.8, 4) is 5.88 Å². The van der Waals surface area contributed by atoms with E-state index in [4.69, 9.17) is 0 Å². The number of nitrogens with zero attached hydrogens (tertiary/aromatic N) is 2. The van der Waals surface area contributed by atoms with Gasteiger partial charge in [-0.1, -0.05) is 37.5 Å². The quantitative estimate of drug-likeness (QED) is 0.390. The fourth-order valence-electron chi connectivity index (χ4n) is 1.67. The number of aromatic hydroxyl groups is 1. The molecule has 1 heterocycles. The maximum Gasteiger partial charge on any atom is 0.218 e. The number of hydrogen-bond donors (Lipinski definition) is 3. The van der Waals surface area contributed by atoms with Gasteiger partial charge in [-0.25, -0.2) is 0 Å². The zero-order valence-corrected chi connectivity index (χ0v) is 12.2. The van der Waals surface area contributed by atoms with Crippen molar-refractivity contribution < 1.29 is 10.2 Å². The minimum Gasteiger partial charge on any atom is -0.506 e. The van der Waals surface area contributed by atoms with Gasteiger partial charge in [-0.05, 0) is 26.0 Å². The summed E-state index contributed by atoms with van der Waals surface area (Å²) in [6.07, 6.45) is 9.65. The second kappa shape index (κ2) is 7.69. The van der Waals surface area contributed by atoms with E-state index in [9.17, 15) is 10.2 Å². The van der Waals surface area contributed by atoms with Gasteiger partial charge in [0.05, 0.1) is 5.69 Å². The SMILES string of the molecule is C=C/C=C(O)\C(=C/C)N=Nc1c(O)[nH]c(/C=C\C)c1C=C. The summed E-state index contributed by atoms with van der Waals surface area (Å²) in [5.41, 5.74) is 1.87. The van der Waals surface area contributed by atoms with Crippen LogP contribution in [0.1, 0.15) is 25.1 Å². The summed E-state index contributed by atoms with van der Waals surface area (Å²) >= 11 is 0. The van der Waals surface area contributed by atoms with Gasteiger partial charge in [-0.15, -0.1) is 10.2 Å². The number of nitrogens with one attached hydrogen (secondary N) is 1. The number of aliphatic hydroxyl groups is 1. The fraction of sp³-hybridized carbons (Fsp3) is 0.125. The standard InChI is InChI=1S/C16H19N3O2/c1-5-9-13-11(7-3)15(16(21)17-13)19-18-12(8-4)14(20)10-6-2/h5-10,17,20-21H,2-3H2,1,4H3/b9-5-,12-8+,14-10+,19-18?. The van der Waals surface area contributed by atoms with Gasteiger partial charge < -0.3 is 15.2 Å². The van der Waals surface area contributed by atoms with E-state index in [0.29, 0.717) is 11.3 Å². The molecule has 1 rings (SSSR count). The molecule has 5 nitrogen and oxygen atoms in total. The minimum atomic E-state index is -0.107. The first kappa shape index (κ1) is 16.2. The van der Waals surface area contributed by atoms with E-state index in [1.165, 1.54) is 12.2 Å². The molecule has 0 bridgehead atoms. The van der Waals surface area contributed by atoms with Gasteiger partial charge in [0.15, 0.2) is 5.69 Å². The average molecular weight is 285 g/mol. The molecule has 1 aromatic rings. The van der Waals surface area contributed by atoms with E-state index in [0.717, 1.165) is 0 Å². The largest absolute Gasteiger partial charge is 0.506 e. The maximum absolute atomic E-state index is 9.89. The van der Waals surface area contributed by atoms with Crippen molar-refractivity contribution in [1.82, 2.24) is 4.98 Å². The molecule has 0 fully saturated rings. The Hall–Kier alpha value is -2.82. The molecule has 0 aromatic carbocycles. The molecule has 0 aliphatic heterocycles. The monoisotopic (exact) mass is 285 g/mol. The van der Waals surface area contributed by atoms with E-state index in [-0.39, 0.29) is 23.0 Å². The van der Waals surface area contributed by atoms with Crippen molar-refractivity contribution in [2.45, 2.75) is 13.8 Å². The van der Waals surface area contributed by atoms with E-state index >= 15 is 0 Å². The van der Waals surface area contributed by atoms with Crippen LogP contribution in [0.25, 0.3) is 12.2 Å². The minimum absolute atomic E-state index is 0.0555. The van der Waals surface area contributed by atoms with Crippen LogP contribution >= 0.6 is 0 Å². The zero-order valence-electron chi connectivity index (χ0n) is 12.2. The smallest absolute Gasteiger partial charge is 0.218 e. The molecule has 3 N–H and O–H groups in total. The van der Waals surface area contributed by atoms with Crippen molar-refractivity contribution >= 4 is 17.8 Å². The number of rotatable bonds is 6. The van der Waals surface area contributed by atoms with E-state index < -0.39 is 0 Å². The van der Waals surface area contributed by atoms with E-state index in [1.54, 1.807) is 25.2 Å². The van der Waals surface area contributed by atoms with Crippen LogP contribution in [0.15, 0.2) is 59.1 Å². The summed E-state index contributed by atoms with van der Waals surface area (Å²) in [6.45, 7) is 10.8. The van der Waals surface area contributed by atoms with Crippen molar-refractivity contribution in [1.29, 1.82) is 0 Å². The Morgan fingerprint density at radius 3 is 2.52 bits per heavy atom. The summed E-state index contributed by atoms with van der Waals surface area (Å²) in [7, 11) is 0. The highest BCUT2D eigenvalue weighted by Gasteiger charge is 2.13. The van der Waals surface area contributed by atoms with Crippen LogP contribution in [0.2, 0.25) is 0 Å². The molecule has 0 saturated carbocycles. The third-order valence-electron chi connectivity index (χ3n) is 2.63. The summed E-state index contributed by atoms with van der Waals surface area (Å²) in [4.78, 5) is 2.79. The lowest BCUT2D eigenvalue weighted by Crippen LogP contribution is -1.83. The number of aromatic amines is 1. The van der Waals surface area contributed by atoms with Gasteiger partial charge in [0, 0.05) is 5.56 Å². The Labute approximate surface area is 124 Å². The molecular formula is C16H19N3O2. The molecule has 5 heteroatoms. The lowest BCUT2D eigenvalue weighted by atomic mass is 10.2. The van der Waals surface area contributed by atoms with Gasteiger partial charge in [0.25, 0.3) is 0 Å². The van der Waals surface area contributed by atoms with Crippen molar-refractivity contribution in [3.63, 3.8) is 0 Å². The Kier molecular flexibility index (Phi) is 5.95.